The van der Waals surface area contributed by atoms with Crippen LogP contribution in [0, 0.1) is 6.92 Å². The van der Waals surface area contributed by atoms with Crippen LogP contribution in [0.2, 0.25) is 0 Å². The molecule has 3 rings (SSSR count). The van der Waals surface area contributed by atoms with Crippen molar-refractivity contribution in [1.82, 2.24) is 0 Å². The third-order valence-electron chi connectivity index (χ3n) is 4.68. The molecule has 1 aliphatic heterocycles. The Bertz CT molecular complexity index is 711. The lowest BCUT2D eigenvalue weighted by molar-refractivity contribution is -0.129. The van der Waals surface area contributed by atoms with E-state index < -0.39 is 0 Å². The first-order valence-corrected chi connectivity index (χ1v) is 9.73. The molecule has 0 saturated carbocycles. The minimum Gasteiger partial charge on any atom is -0.364 e. The van der Waals surface area contributed by atoms with Gasteiger partial charge in [0.15, 0.2) is 0 Å². The van der Waals surface area contributed by atoms with Crippen LogP contribution in [0.5, 0.6) is 0 Å². The van der Waals surface area contributed by atoms with Crippen LogP contribution in [0.3, 0.4) is 0 Å². The molecule has 2 atom stereocenters. The van der Waals surface area contributed by atoms with Crippen LogP contribution in [0.4, 0.5) is 5.69 Å². The highest BCUT2D eigenvalue weighted by Crippen LogP contribution is 2.27. The lowest BCUT2D eigenvalue weighted by atomic mass is 10.1. The van der Waals surface area contributed by atoms with E-state index >= 15 is 0 Å². The Labute approximate surface area is 153 Å². The summed E-state index contributed by atoms with van der Waals surface area (Å²) in [7, 11) is 0. The van der Waals surface area contributed by atoms with E-state index in [1.54, 1.807) is 11.3 Å². The Balaban J connectivity index is 1.83. The summed E-state index contributed by atoms with van der Waals surface area (Å²) in [5.41, 5.74) is 7.88. The quantitative estimate of drug-likeness (QED) is 0.857. The first-order valence-electron chi connectivity index (χ1n) is 8.92. The average molecular weight is 359 g/mol. The standard InChI is InChI=1S/C20H26N2O2S/c1-3-15-5-7-16(8-6-15)22(13-18-10-4-14(2)25-18)20(23)19-11-9-17(12-21)24-19/h4-8,10,17,19H,3,9,11-13,21H2,1-2H3/t17-,19+/m1/s1. The Morgan fingerprint density at radius 2 is 2.00 bits per heavy atom. The molecule has 25 heavy (non-hydrogen) atoms. The molecule has 1 aromatic heterocycles. The van der Waals surface area contributed by atoms with Crippen molar-refractivity contribution < 1.29 is 9.53 Å². The number of ether oxygens (including phenoxy) is 1. The van der Waals surface area contributed by atoms with Crippen LogP contribution in [-0.4, -0.2) is 24.7 Å². The summed E-state index contributed by atoms with van der Waals surface area (Å²) in [5, 5.41) is 0. The number of nitrogens with zero attached hydrogens (tertiary/aromatic N) is 1. The lowest BCUT2D eigenvalue weighted by Crippen LogP contribution is -2.39. The van der Waals surface area contributed by atoms with E-state index in [-0.39, 0.29) is 18.1 Å². The van der Waals surface area contributed by atoms with Gasteiger partial charge in [-0.25, -0.2) is 0 Å². The number of amides is 1. The first-order chi connectivity index (χ1) is 12.1. The molecular formula is C20H26N2O2S. The summed E-state index contributed by atoms with van der Waals surface area (Å²) in [6.45, 7) is 5.27. The Hall–Kier alpha value is -1.69. The lowest BCUT2D eigenvalue weighted by Gasteiger charge is -2.25. The minimum absolute atomic E-state index is 0.00208. The Morgan fingerprint density at radius 3 is 2.56 bits per heavy atom. The van der Waals surface area contributed by atoms with Crippen LogP contribution in [0.25, 0.3) is 0 Å². The summed E-state index contributed by atoms with van der Waals surface area (Å²) in [5.74, 6) is 0.0336. The molecule has 2 heterocycles. The third-order valence-corrected chi connectivity index (χ3v) is 5.66. The van der Waals surface area contributed by atoms with E-state index in [1.807, 2.05) is 17.0 Å². The van der Waals surface area contributed by atoms with Gasteiger partial charge in [-0.1, -0.05) is 19.1 Å². The zero-order valence-corrected chi connectivity index (χ0v) is 15.7. The monoisotopic (exact) mass is 358 g/mol. The van der Waals surface area contributed by atoms with Crippen molar-refractivity contribution in [3.05, 3.63) is 51.7 Å². The van der Waals surface area contributed by atoms with Gasteiger partial charge in [-0.05, 0) is 56.0 Å². The fraction of sp³-hybridized carbons (Fsp3) is 0.450. The molecule has 0 radical (unpaired) electrons. The van der Waals surface area contributed by atoms with Gasteiger partial charge < -0.3 is 15.4 Å². The predicted octanol–water partition coefficient (Wildman–Crippen LogP) is 3.66. The molecule has 2 N–H and O–H groups in total. The van der Waals surface area contributed by atoms with Gasteiger partial charge in [0.2, 0.25) is 0 Å². The zero-order chi connectivity index (χ0) is 17.8. The van der Waals surface area contributed by atoms with Gasteiger partial charge in [0.25, 0.3) is 5.91 Å². The highest BCUT2D eigenvalue weighted by atomic mass is 32.1. The number of thiophene rings is 1. The predicted molar refractivity (Wildman–Crippen MR) is 103 cm³/mol. The number of hydrogen-bond acceptors (Lipinski definition) is 4. The van der Waals surface area contributed by atoms with E-state index in [4.69, 9.17) is 10.5 Å². The topological polar surface area (TPSA) is 55.6 Å². The van der Waals surface area contributed by atoms with Gasteiger partial charge in [-0.2, -0.15) is 0 Å². The van der Waals surface area contributed by atoms with Crippen molar-refractivity contribution in [2.75, 3.05) is 11.4 Å². The Kier molecular flexibility index (Phi) is 5.89. The normalized spacial score (nSPS) is 20.0. The molecule has 0 bridgehead atoms. The molecule has 1 fully saturated rings. The first kappa shape index (κ1) is 18.1. The van der Waals surface area contributed by atoms with Crippen LogP contribution < -0.4 is 10.6 Å². The molecule has 134 valence electrons. The van der Waals surface area contributed by atoms with E-state index in [9.17, 15) is 4.79 Å². The maximum Gasteiger partial charge on any atom is 0.256 e. The van der Waals surface area contributed by atoms with Crippen molar-refractivity contribution in [3.63, 3.8) is 0 Å². The number of benzene rings is 1. The van der Waals surface area contributed by atoms with Crippen molar-refractivity contribution in [2.45, 2.75) is 51.9 Å². The summed E-state index contributed by atoms with van der Waals surface area (Å²) < 4.78 is 5.85. The summed E-state index contributed by atoms with van der Waals surface area (Å²) in [4.78, 5) is 17.4. The molecule has 5 heteroatoms. The fourth-order valence-electron chi connectivity index (χ4n) is 3.17. The van der Waals surface area contributed by atoms with Crippen molar-refractivity contribution in [3.8, 4) is 0 Å². The second-order valence-corrected chi connectivity index (χ2v) is 7.89. The van der Waals surface area contributed by atoms with Crippen molar-refractivity contribution in [1.29, 1.82) is 0 Å². The Morgan fingerprint density at radius 1 is 1.24 bits per heavy atom. The van der Waals surface area contributed by atoms with E-state index in [0.717, 1.165) is 24.9 Å². The van der Waals surface area contributed by atoms with Gasteiger partial charge in [0, 0.05) is 22.0 Å². The summed E-state index contributed by atoms with van der Waals surface area (Å²) in [6.07, 6.45) is 2.20. The smallest absolute Gasteiger partial charge is 0.256 e. The summed E-state index contributed by atoms with van der Waals surface area (Å²) in [6, 6.07) is 12.4. The molecule has 1 saturated heterocycles. The number of carbonyl (C=O) groups is 1. The molecule has 0 unspecified atom stereocenters. The van der Waals surface area contributed by atoms with Gasteiger partial charge in [-0.3, -0.25) is 4.79 Å². The number of nitrogens with two attached hydrogens (primary N) is 1. The van der Waals surface area contributed by atoms with E-state index in [2.05, 4.69) is 38.1 Å². The van der Waals surface area contributed by atoms with E-state index in [0.29, 0.717) is 13.1 Å². The van der Waals surface area contributed by atoms with Crippen molar-refractivity contribution in [2.24, 2.45) is 5.73 Å². The zero-order valence-electron chi connectivity index (χ0n) is 14.9. The number of carbonyl (C=O) groups excluding carboxylic acids is 1. The minimum atomic E-state index is -0.388. The molecule has 0 spiro atoms. The van der Waals surface area contributed by atoms with Crippen LogP contribution in [-0.2, 0) is 22.5 Å². The second kappa shape index (κ2) is 8.13. The molecule has 0 aliphatic carbocycles. The number of hydrogen-bond donors (Lipinski definition) is 1. The summed E-state index contributed by atoms with van der Waals surface area (Å²) >= 11 is 1.73. The van der Waals surface area contributed by atoms with E-state index in [1.165, 1.54) is 15.3 Å². The van der Waals surface area contributed by atoms with Crippen molar-refractivity contribution >= 4 is 22.9 Å². The maximum absolute atomic E-state index is 13.1. The number of aryl methyl sites for hydroxylation is 2. The van der Waals surface area contributed by atoms with Gasteiger partial charge >= 0.3 is 0 Å². The van der Waals surface area contributed by atoms with Crippen LogP contribution in [0.15, 0.2) is 36.4 Å². The number of rotatable bonds is 6. The molecule has 2 aromatic rings. The third kappa shape index (κ3) is 4.29. The van der Waals surface area contributed by atoms with Gasteiger partial charge in [0.05, 0.1) is 12.6 Å². The highest BCUT2D eigenvalue weighted by Gasteiger charge is 2.33. The average Bonchev–Trinajstić information content (AvgIpc) is 3.28. The largest absolute Gasteiger partial charge is 0.364 e. The van der Waals surface area contributed by atoms with Gasteiger partial charge in [0.1, 0.15) is 6.10 Å². The molecule has 1 amide bonds. The second-order valence-electron chi connectivity index (χ2n) is 6.52. The fourth-order valence-corrected chi connectivity index (χ4v) is 4.05. The SMILES string of the molecule is CCc1ccc(N(Cc2ccc(C)s2)C(=O)[C@@H]2CC[C@H](CN)O2)cc1. The number of anilines is 1. The highest BCUT2D eigenvalue weighted by molar-refractivity contribution is 7.11. The molecule has 4 nitrogen and oxygen atoms in total. The molecule has 1 aromatic carbocycles. The van der Waals surface area contributed by atoms with Crippen LogP contribution >= 0.6 is 11.3 Å². The molecule has 1 aliphatic rings. The van der Waals surface area contributed by atoms with Gasteiger partial charge in [-0.15, -0.1) is 11.3 Å². The van der Waals surface area contributed by atoms with Crippen LogP contribution in [0.1, 0.15) is 35.1 Å². The molecular weight excluding hydrogens is 332 g/mol. The maximum atomic E-state index is 13.1.